The van der Waals surface area contributed by atoms with Crippen molar-refractivity contribution in [3.05, 3.63) is 212 Å². The van der Waals surface area contributed by atoms with Crippen LogP contribution in [-0.2, 0) is 0 Å². The Labute approximate surface area is 367 Å². The van der Waals surface area contributed by atoms with Gasteiger partial charge >= 0.3 is 0 Å². The van der Waals surface area contributed by atoms with Crippen molar-refractivity contribution in [2.24, 2.45) is 0 Å². The Kier molecular flexibility index (Phi) is 8.08. The molecule has 0 bridgehead atoms. The van der Waals surface area contributed by atoms with Crippen molar-refractivity contribution < 1.29 is 0 Å². The summed E-state index contributed by atoms with van der Waals surface area (Å²) in [5.41, 5.74) is 13.3. The standard InChI is InChI=1S/C57H35N5S/c1-3-13-36(14-4-1)41-17-11-18-43(33-41)55-58-54(59-56(60-55)44-30-27-37-15-7-8-16-40(37)34-44)39-28-25-38(26-29-39)42-31-32-48-47(35-42)52-46-21-12-24-51-53(46)62(49-22-9-10-23-50(49)63-51)57(52)61(48)45-19-5-2-6-20-45/h1-35H. The van der Waals surface area contributed by atoms with Crippen LogP contribution in [0, 0.1) is 0 Å². The molecule has 0 aliphatic carbocycles. The number of fused-ring (bicyclic) bond motifs is 8. The number of rotatable bonds is 6. The van der Waals surface area contributed by atoms with Crippen LogP contribution >= 0.6 is 11.8 Å². The van der Waals surface area contributed by atoms with Crippen LogP contribution in [0.5, 0.6) is 0 Å². The van der Waals surface area contributed by atoms with Gasteiger partial charge < -0.3 is 0 Å². The van der Waals surface area contributed by atoms with E-state index in [0.29, 0.717) is 17.5 Å². The fourth-order valence-electron chi connectivity index (χ4n) is 9.37. The van der Waals surface area contributed by atoms with Crippen LogP contribution in [0.1, 0.15) is 0 Å². The molecule has 294 valence electrons. The van der Waals surface area contributed by atoms with E-state index >= 15 is 0 Å². The third-order valence-corrected chi connectivity index (χ3v) is 13.4. The number of aromatic nitrogens is 5. The Bertz CT molecular complexity index is 3760. The molecule has 0 radical (unpaired) electrons. The average molecular weight is 822 g/mol. The van der Waals surface area contributed by atoms with E-state index in [1.165, 1.54) is 53.7 Å². The number of hydrogen-bond donors (Lipinski definition) is 0. The smallest absolute Gasteiger partial charge is 0.164 e. The lowest BCUT2D eigenvalue weighted by Crippen LogP contribution is -2.05. The highest BCUT2D eigenvalue weighted by Crippen LogP contribution is 2.50. The molecule has 12 aromatic rings. The molecule has 0 amide bonds. The minimum atomic E-state index is 0.629. The number of para-hydroxylation sites is 3. The van der Waals surface area contributed by atoms with Crippen LogP contribution in [0.2, 0.25) is 0 Å². The summed E-state index contributed by atoms with van der Waals surface area (Å²) >= 11 is 1.85. The summed E-state index contributed by atoms with van der Waals surface area (Å²) in [6.07, 6.45) is 0. The Morgan fingerprint density at radius 1 is 0.349 bits per heavy atom. The Balaban J connectivity index is 0.955. The van der Waals surface area contributed by atoms with Crippen LogP contribution in [0.3, 0.4) is 0 Å². The zero-order valence-corrected chi connectivity index (χ0v) is 34.7. The Morgan fingerprint density at radius 3 is 1.75 bits per heavy atom. The quantitative estimate of drug-likeness (QED) is 0.168. The minimum absolute atomic E-state index is 0.629. The predicted molar refractivity (Wildman–Crippen MR) is 260 cm³/mol. The van der Waals surface area contributed by atoms with Gasteiger partial charge in [-0.2, -0.15) is 0 Å². The summed E-state index contributed by atoms with van der Waals surface area (Å²) in [7, 11) is 0. The van der Waals surface area contributed by atoms with Crippen molar-refractivity contribution in [2.45, 2.75) is 9.79 Å². The largest absolute Gasteiger partial charge is 0.295 e. The van der Waals surface area contributed by atoms with Crippen LogP contribution < -0.4 is 0 Å². The van der Waals surface area contributed by atoms with Crippen LogP contribution in [0.4, 0.5) is 0 Å². The van der Waals surface area contributed by atoms with Crippen LogP contribution in [0.15, 0.2) is 222 Å². The third kappa shape index (κ3) is 5.83. The van der Waals surface area contributed by atoms with Gasteiger partial charge in [-0.25, -0.2) is 15.0 Å². The molecular weight excluding hydrogens is 787 g/mol. The van der Waals surface area contributed by atoms with E-state index in [2.05, 4.69) is 215 Å². The van der Waals surface area contributed by atoms with Gasteiger partial charge in [-0.1, -0.05) is 169 Å². The molecule has 0 saturated heterocycles. The SMILES string of the molecule is c1ccc(-c2cccc(-c3nc(-c4ccc(-c5ccc6c(c5)c5c7cccc8c7n(c5n6-c5ccccc5)-c5ccccc5S8)cc4)nc(-c4ccc5ccccc5c4)n3)c2)cc1. The molecule has 1 aliphatic rings. The molecule has 0 spiro atoms. The first kappa shape index (κ1) is 35.7. The number of hydrogen-bond acceptors (Lipinski definition) is 4. The van der Waals surface area contributed by atoms with Crippen molar-refractivity contribution in [3.8, 4) is 67.8 Å². The molecule has 0 unspecified atom stereocenters. The predicted octanol–water partition coefficient (Wildman–Crippen LogP) is 14.9. The lowest BCUT2D eigenvalue weighted by molar-refractivity contribution is 1.03. The first-order chi connectivity index (χ1) is 31.2. The molecule has 4 heterocycles. The van der Waals surface area contributed by atoms with Gasteiger partial charge in [0, 0.05) is 48.3 Å². The number of benzene rings is 9. The van der Waals surface area contributed by atoms with E-state index in [0.717, 1.165) is 50.0 Å². The molecule has 0 N–H and O–H groups in total. The van der Waals surface area contributed by atoms with E-state index < -0.39 is 0 Å². The lowest BCUT2D eigenvalue weighted by atomic mass is 10.0. The van der Waals surface area contributed by atoms with Gasteiger partial charge in [-0.15, -0.1) is 0 Å². The normalized spacial score (nSPS) is 12.1. The van der Waals surface area contributed by atoms with Gasteiger partial charge in [0.2, 0.25) is 0 Å². The molecule has 9 aromatic carbocycles. The molecule has 13 rings (SSSR count). The van der Waals surface area contributed by atoms with Crippen molar-refractivity contribution in [1.29, 1.82) is 0 Å². The molecule has 0 fully saturated rings. The highest BCUT2D eigenvalue weighted by Gasteiger charge is 2.28. The Hall–Kier alpha value is -8.06. The fourth-order valence-corrected chi connectivity index (χ4v) is 10.5. The second kappa shape index (κ2) is 14.3. The van der Waals surface area contributed by atoms with Crippen LogP contribution in [0.25, 0.3) is 111 Å². The maximum atomic E-state index is 5.14. The van der Waals surface area contributed by atoms with Crippen LogP contribution in [-0.4, -0.2) is 24.1 Å². The van der Waals surface area contributed by atoms with E-state index in [9.17, 15) is 0 Å². The van der Waals surface area contributed by atoms with Crippen molar-refractivity contribution >= 4 is 55.4 Å². The second-order valence-corrected chi connectivity index (χ2v) is 17.1. The average Bonchev–Trinajstić information content (AvgIpc) is 3.88. The van der Waals surface area contributed by atoms with Gasteiger partial charge in [0.05, 0.1) is 16.7 Å². The maximum Gasteiger partial charge on any atom is 0.164 e. The summed E-state index contributed by atoms with van der Waals surface area (Å²) in [6, 6.07) is 75.5. The summed E-state index contributed by atoms with van der Waals surface area (Å²) in [4.78, 5) is 17.9. The monoisotopic (exact) mass is 821 g/mol. The van der Waals surface area contributed by atoms with E-state index in [1.54, 1.807) is 0 Å². The first-order valence-corrected chi connectivity index (χ1v) is 22.0. The highest BCUT2D eigenvalue weighted by atomic mass is 32.2. The molecular formula is C57H35N5S. The van der Waals surface area contributed by atoms with Gasteiger partial charge in [-0.05, 0) is 87.6 Å². The zero-order chi connectivity index (χ0) is 41.4. The van der Waals surface area contributed by atoms with E-state index in [-0.39, 0.29) is 0 Å². The van der Waals surface area contributed by atoms with Gasteiger partial charge in [-0.3, -0.25) is 9.13 Å². The third-order valence-electron chi connectivity index (χ3n) is 12.3. The topological polar surface area (TPSA) is 48.5 Å². The molecule has 63 heavy (non-hydrogen) atoms. The second-order valence-electron chi connectivity index (χ2n) is 16.1. The zero-order valence-electron chi connectivity index (χ0n) is 33.9. The maximum absolute atomic E-state index is 5.14. The summed E-state index contributed by atoms with van der Waals surface area (Å²) < 4.78 is 4.93. The summed E-state index contributed by atoms with van der Waals surface area (Å²) in [5, 5.41) is 6.07. The first-order valence-electron chi connectivity index (χ1n) is 21.2. The fraction of sp³-hybridized carbons (Fsp3) is 0. The Morgan fingerprint density at radius 2 is 0.921 bits per heavy atom. The van der Waals surface area contributed by atoms with Crippen molar-refractivity contribution in [3.63, 3.8) is 0 Å². The lowest BCUT2D eigenvalue weighted by Gasteiger charge is -2.21. The van der Waals surface area contributed by atoms with E-state index in [1.807, 2.05) is 17.8 Å². The summed E-state index contributed by atoms with van der Waals surface area (Å²) in [5.74, 6) is 1.90. The minimum Gasteiger partial charge on any atom is -0.295 e. The molecule has 5 nitrogen and oxygen atoms in total. The summed E-state index contributed by atoms with van der Waals surface area (Å²) in [6.45, 7) is 0. The molecule has 1 aliphatic heterocycles. The highest BCUT2D eigenvalue weighted by molar-refractivity contribution is 7.99. The van der Waals surface area contributed by atoms with Crippen molar-refractivity contribution in [1.82, 2.24) is 24.1 Å². The molecule has 3 aromatic heterocycles. The van der Waals surface area contributed by atoms with Crippen molar-refractivity contribution in [2.75, 3.05) is 0 Å². The number of nitrogens with zero attached hydrogens (tertiary/aromatic N) is 5. The molecule has 0 atom stereocenters. The van der Waals surface area contributed by atoms with Gasteiger partial charge in [0.25, 0.3) is 0 Å². The molecule has 0 saturated carbocycles. The molecule has 6 heteroatoms. The van der Waals surface area contributed by atoms with Gasteiger partial charge in [0.1, 0.15) is 5.65 Å². The van der Waals surface area contributed by atoms with Gasteiger partial charge in [0.15, 0.2) is 17.5 Å². The van der Waals surface area contributed by atoms with E-state index in [4.69, 9.17) is 15.0 Å².